The Balaban J connectivity index is 1.62. The van der Waals surface area contributed by atoms with Crippen molar-refractivity contribution in [2.75, 3.05) is 31.1 Å². The van der Waals surface area contributed by atoms with Crippen molar-refractivity contribution in [3.8, 4) is 0 Å². The molecule has 0 unspecified atom stereocenters. The highest BCUT2D eigenvalue weighted by atomic mass is 35.5. The molecular formula is C22H27ClN6O3S. The van der Waals surface area contributed by atoms with Gasteiger partial charge in [-0.1, -0.05) is 17.7 Å². The standard InChI is InChI=1S/C22H27ClN6O3S/c1-5-27-14-19(22(30)29-17(4)12-16(3)24-29)21(25-27)33(31,32)28-10-8-26(9-11-28)20-13-18(23)7-6-15(20)2/h6-7,12-14H,5,8-11H2,1-4H3. The molecule has 11 heteroatoms. The van der Waals surface area contributed by atoms with Crippen LogP contribution in [0.25, 0.3) is 0 Å². The quantitative estimate of drug-likeness (QED) is 0.546. The average molecular weight is 491 g/mol. The van der Waals surface area contributed by atoms with Crippen molar-refractivity contribution in [2.45, 2.75) is 39.3 Å². The number of aryl methyl sites for hydroxylation is 4. The number of piperazine rings is 1. The molecule has 33 heavy (non-hydrogen) atoms. The molecule has 0 N–H and O–H groups in total. The third kappa shape index (κ3) is 4.42. The summed E-state index contributed by atoms with van der Waals surface area (Å²) in [6, 6.07) is 7.46. The number of nitrogens with zero attached hydrogens (tertiary/aromatic N) is 6. The van der Waals surface area contributed by atoms with Gasteiger partial charge in [-0.25, -0.2) is 13.1 Å². The molecule has 0 amide bonds. The molecule has 3 aromatic rings. The number of sulfonamides is 1. The minimum absolute atomic E-state index is 0.0242. The number of rotatable bonds is 5. The Labute approximate surface area is 198 Å². The summed E-state index contributed by atoms with van der Waals surface area (Å²) < 4.78 is 31.2. The number of benzene rings is 1. The van der Waals surface area contributed by atoms with Gasteiger partial charge in [-0.3, -0.25) is 9.48 Å². The predicted molar refractivity (Wildman–Crippen MR) is 126 cm³/mol. The number of carbonyl (C=O) groups is 1. The van der Waals surface area contributed by atoms with Gasteiger partial charge in [-0.2, -0.15) is 14.5 Å². The normalized spacial score (nSPS) is 15.2. The van der Waals surface area contributed by atoms with E-state index in [2.05, 4.69) is 15.1 Å². The van der Waals surface area contributed by atoms with Crippen LogP contribution in [0.15, 0.2) is 35.5 Å². The monoisotopic (exact) mass is 490 g/mol. The van der Waals surface area contributed by atoms with Gasteiger partial charge in [0.05, 0.1) is 5.69 Å². The van der Waals surface area contributed by atoms with E-state index in [1.54, 1.807) is 19.9 Å². The molecule has 1 fully saturated rings. The van der Waals surface area contributed by atoms with E-state index in [1.165, 1.54) is 19.9 Å². The first-order chi connectivity index (χ1) is 15.6. The molecule has 1 saturated heterocycles. The van der Waals surface area contributed by atoms with Crippen molar-refractivity contribution in [3.63, 3.8) is 0 Å². The lowest BCUT2D eigenvalue weighted by Crippen LogP contribution is -2.49. The Hall–Kier alpha value is -2.69. The highest BCUT2D eigenvalue weighted by molar-refractivity contribution is 7.89. The van der Waals surface area contributed by atoms with Crippen LogP contribution in [0.1, 0.15) is 34.2 Å². The van der Waals surface area contributed by atoms with Crippen molar-refractivity contribution in [2.24, 2.45) is 0 Å². The summed E-state index contributed by atoms with van der Waals surface area (Å²) >= 11 is 6.16. The van der Waals surface area contributed by atoms with Crippen LogP contribution < -0.4 is 4.90 Å². The third-order valence-electron chi connectivity index (χ3n) is 5.82. The smallest absolute Gasteiger partial charge is 0.283 e. The predicted octanol–water partition coefficient (Wildman–Crippen LogP) is 2.88. The molecule has 9 nitrogen and oxygen atoms in total. The first-order valence-electron chi connectivity index (χ1n) is 10.8. The van der Waals surface area contributed by atoms with Crippen LogP contribution in [0.3, 0.4) is 0 Å². The highest BCUT2D eigenvalue weighted by Crippen LogP contribution is 2.27. The maximum atomic E-state index is 13.6. The molecule has 176 valence electrons. The SMILES string of the molecule is CCn1cc(C(=O)n2nc(C)cc2C)c(S(=O)(=O)N2CCN(c3cc(Cl)ccc3C)CC2)n1. The Bertz CT molecular complexity index is 1310. The zero-order chi connectivity index (χ0) is 23.9. The van der Waals surface area contributed by atoms with E-state index in [9.17, 15) is 13.2 Å². The van der Waals surface area contributed by atoms with Gasteiger partial charge in [0, 0.05) is 55.3 Å². The van der Waals surface area contributed by atoms with E-state index in [4.69, 9.17) is 11.6 Å². The summed E-state index contributed by atoms with van der Waals surface area (Å²) in [5.74, 6) is -0.507. The van der Waals surface area contributed by atoms with Crippen LogP contribution in [0.2, 0.25) is 5.02 Å². The lowest BCUT2D eigenvalue weighted by atomic mass is 10.1. The number of hydrogen-bond acceptors (Lipinski definition) is 6. The van der Waals surface area contributed by atoms with E-state index < -0.39 is 15.9 Å². The summed E-state index contributed by atoms with van der Waals surface area (Å²) in [6.07, 6.45) is 1.48. The maximum Gasteiger partial charge on any atom is 0.283 e. The minimum atomic E-state index is -3.98. The summed E-state index contributed by atoms with van der Waals surface area (Å²) in [5.41, 5.74) is 3.41. The fourth-order valence-electron chi connectivity index (χ4n) is 4.07. The van der Waals surface area contributed by atoms with Crippen molar-refractivity contribution < 1.29 is 13.2 Å². The molecule has 0 saturated carbocycles. The Morgan fingerprint density at radius 1 is 1.06 bits per heavy atom. The lowest BCUT2D eigenvalue weighted by molar-refractivity contribution is 0.0938. The molecule has 1 aliphatic heterocycles. The van der Waals surface area contributed by atoms with E-state index in [0.717, 1.165) is 11.3 Å². The number of carbonyl (C=O) groups excluding carboxylic acids is 1. The van der Waals surface area contributed by atoms with Crippen molar-refractivity contribution in [3.05, 3.63) is 58.0 Å². The van der Waals surface area contributed by atoms with Gasteiger partial charge in [-0.05, 0) is 51.5 Å². The molecular weight excluding hydrogens is 464 g/mol. The molecule has 1 aromatic carbocycles. The molecule has 3 heterocycles. The third-order valence-corrected chi connectivity index (χ3v) is 7.89. The summed E-state index contributed by atoms with van der Waals surface area (Å²) in [4.78, 5) is 15.3. The molecule has 0 radical (unpaired) electrons. The number of halogens is 1. The highest BCUT2D eigenvalue weighted by Gasteiger charge is 2.35. The Morgan fingerprint density at radius 2 is 1.76 bits per heavy atom. The van der Waals surface area contributed by atoms with Gasteiger partial charge in [0.1, 0.15) is 5.56 Å². The second-order valence-corrected chi connectivity index (χ2v) is 10.5. The molecule has 4 rings (SSSR count). The van der Waals surface area contributed by atoms with Gasteiger partial charge >= 0.3 is 0 Å². The topological polar surface area (TPSA) is 93.3 Å². The molecule has 0 atom stereocenters. The molecule has 2 aromatic heterocycles. The molecule has 0 spiro atoms. The summed E-state index contributed by atoms with van der Waals surface area (Å²) in [7, 11) is -3.98. The van der Waals surface area contributed by atoms with Crippen LogP contribution in [0.4, 0.5) is 5.69 Å². The molecule has 0 bridgehead atoms. The van der Waals surface area contributed by atoms with E-state index >= 15 is 0 Å². The van der Waals surface area contributed by atoms with Gasteiger partial charge in [0.25, 0.3) is 15.9 Å². The zero-order valence-corrected chi connectivity index (χ0v) is 20.7. The average Bonchev–Trinajstić information content (AvgIpc) is 3.38. The molecule has 1 aliphatic rings. The summed E-state index contributed by atoms with van der Waals surface area (Å²) in [6.45, 7) is 9.40. The fourth-order valence-corrected chi connectivity index (χ4v) is 5.75. The van der Waals surface area contributed by atoms with Crippen molar-refractivity contribution in [1.29, 1.82) is 0 Å². The van der Waals surface area contributed by atoms with E-state index in [-0.39, 0.29) is 23.7 Å². The van der Waals surface area contributed by atoms with Gasteiger partial charge in [0.15, 0.2) is 0 Å². The Morgan fingerprint density at radius 3 is 2.36 bits per heavy atom. The minimum Gasteiger partial charge on any atom is -0.369 e. The number of hydrogen-bond donors (Lipinski definition) is 0. The van der Waals surface area contributed by atoms with E-state index in [1.807, 2.05) is 32.0 Å². The first-order valence-corrected chi connectivity index (χ1v) is 12.6. The van der Waals surface area contributed by atoms with Crippen LogP contribution in [0, 0.1) is 20.8 Å². The Kier molecular flexibility index (Phi) is 6.35. The zero-order valence-electron chi connectivity index (χ0n) is 19.1. The largest absolute Gasteiger partial charge is 0.369 e. The summed E-state index contributed by atoms with van der Waals surface area (Å²) in [5, 5.41) is 8.89. The fraction of sp³-hybridized carbons (Fsp3) is 0.409. The van der Waals surface area contributed by atoms with Crippen LogP contribution in [0.5, 0.6) is 0 Å². The van der Waals surface area contributed by atoms with Gasteiger partial charge < -0.3 is 4.90 Å². The van der Waals surface area contributed by atoms with E-state index in [0.29, 0.717) is 36.0 Å². The van der Waals surface area contributed by atoms with Gasteiger partial charge in [-0.15, -0.1) is 0 Å². The second-order valence-electron chi connectivity index (χ2n) is 8.17. The second kappa shape index (κ2) is 8.92. The maximum absolute atomic E-state index is 13.6. The molecule has 0 aliphatic carbocycles. The van der Waals surface area contributed by atoms with Gasteiger partial charge in [0.2, 0.25) is 5.03 Å². The lowest BCUT2D eigenvalue weighted by Gasteiger charge is -2.35. The van der Waals surface area contributed by atoms with Crippen LogP contribution in [-0.4, -0.2) is 64.4 Å². The van der Waals surface area contributed by atoms with Crippen LogP contribution >= 0.6 is 11.6 Å². The van der Waals surface area contributed by atoms with Crippen molar-refractivity contribution >= 4 is 33.2 Å². The number of aromatic nitrogens is 4. The number of anilines is 1. The van der Waals surface area contributed by atoms with Crippen molar-refractivity contribution in [1.82, 2.24) is 23.9 Å². The first kappa shape index (κ1) is 23.5. The van der Waals surface area contributed by atoms with Crippen LogP contribution in [-0.2, 0) is 16.6 Å².